The summed E-state index contributed by atoms with van der Waals surface area (Å²) in [7, 11) is 1.61. The Morgan fingerprint density at radius 3 is 2.48 bits per heavy atom. The number of hydrogen-bond donors (Lipinski definition) is 2. The van der Waals surface area contributed by atoms with Gasteiger partial charge in [0.15, 0.2) is 0 Å². The minimum atomic E-state index is -0.250. The molecule has 6 nitrogen and oxygen atoms in total. The molecule has 0 saturated heterocycles. The van der Waals surface area contributed by atoms with Crippen LogP contribution >= 0.6 is 0 Å². The van der Waals surface area contributed by atoms with Gasteiger partial charge in [0.1, 0.15) is 5.69 Å². The van der Waals surface area contributed by atoms with E-state index in [1.54, 1.807) is 13.1 Å². The van der Waals surface area contributed by atoms with Crippen LogP contribution in [0.4, 0.5) is 0 Å². The molecule has 112 valence electrons. The summed E-state index contributed by atoms with van der Waals surface area (Å²) >= 11 is 0. The van der Waals surface area contributed by atoms with Crippen LogP contribution in [0, 0.1) is 6.92 Å². The smallest absolute Gasteiger partial charge is 0.290 e. The van der Waals surface area contributed by atoms with Gasteiger partial charge in [0.25, 0.3) is 12.4 Å². The number of benzene rings is 1. The lowest BCUT2D eigenvalue weighted by Gasteiger charge is -2.14. The lowest BCUT2D eigenvalue weighted by atomic mass is 10.1. The average molecular weight is 289 g/mol. The van der Waals surface area contributed by atoms with Gasteiger partial charge in [-0.3, -0.25) is 14.3 Å². The normalized spacial score (nSPS) is 11.0. The molecule has 0 aliphatic heterocycles. The monoisotopic (exact) mass is 289 g/mol. The maximum atomic E-state index is 11.6. The third kappa shape index (κ3) is 4.17. The molecule has 1 heterocycles. The molecule has 21 heavy (non-hydrogen) atoms. The molecule has 0 aliphatic rings. The Kier molecular flexibility index (Phi) is 6.13. The zero-order chi connectivity index (χ0) is 15.8. The van der Waals surface area contributed by atoms with E-state index in [0.717, 1.165) is 5.69 Å². The van der Waals surface area contributed by atoms with E-state index in [2.05, 4.69) is 29.5 Å². The first-order valence-corrected chi connectivity index (χ1v) is 6.46. The summed E-state index contributed by atoms with van der Waals surface area (Å²) in [5.74, 6) is -0.155. The van der Waals surface area contributed by atoms with Crippen molar-refractivity contribution in [2.75, 3.05) is 7.05 Å². The lowest BCUT2D eigenvalue weighted by molar-refractivity contribution is -0.122. The Bertz CT molecular complexity index is 593. The number of aromatic nitrogens is 2. The SMILES string of the molecule is CNC(=O)c1cc(C)n(C(C)c2ccccc2)n1.O=CO. The Morgan fingerprint density at radius 2 is 1.95 bits per heavy atom. The van der Waals surface area contributed by atoms with E-state index >= 15 is 0 Å². The van der Waals surface area contributed by atoms with Crippen molar-refractivity contribution in [3.63, 3.8) is 0 Å². The van der Waals surface area contributed by atoms with E-state index in [1.807, 2.05) is 29.8 Å². The minimum absolute atomic E-state index is 0.115. The fraction of sp³-hybridized carbons (Fsp3) is 0.267. The van der Waals surface area contributed by atoms with Crippen molar-refractivity contribution < 1.29 is 14.7 Å². The highest BCUT2D eigenvalue weighted by Crippen LogP contribution is 2.19. The molecule has 1 aromatic carbocycles. The summed E-state index contributed by atoms with van der Waals surface area (Å²) in [4.78, 5) is 19.9. The standard InChI is InChI=1S/C14H17N3O.CH2O2/c1-10-9-13(14(18)15-3)16-17(10)11(2)12-7-5-4-6-8-12;2-1-3/h4-9,11H,1-3H3,(H,15,18);1H,(H,2,3). The number of amides is 1. The number of carboxylic acid groups (broad SMARTS) is 1. The topological polar surface area (TPSA) is 84.2 Å². The van der Waals surface area contributed by atoms with Crippen molar-refractivity contribution in [3.05, 3.63) is 53.3 Å². The van der Waals surface area contributed by atoms with Crippen LogP contribution in [0.5, 0.6) is 0 Å². The molecule has 0 radical (unpaired) electrons. The van der Waals surface area contributed by atoms with Gasteiger partial charge in [0.2, 0.25) is 0 Å². The Hall–Kier alpha value is -2.63. The van der Waals surface area contributed by atoms with E-state index in [9.17, 15) is 4.79 Å². The zero-order valence-electron chi connectivity index (χ0n) is 12.3. The molecule has 2 rings (SSSR count). The van der Waals surface area contributed by atoms with Gasteiger partial charge >= 0.3 is 0 Å². The van der Waals surface area contributed by atoms with Gasteiger partial charge in [0.05, 0.1) is 6.04 Å². The molecule has 0 spiro atoms. The van der Waals surface area contributed by atoms with E-state index in [4.69, 9.17) is 9.90 Å². The summed E-state index contributed by atoms with van der Waals surface area (Å²) in [6, 6.07) is 12.0. The summed E-state index contributed by atoms with van der Waals surface area (Å²) in [6.07, 6.45) is 0. The van der Waals surface area contributed by atoms with Crippen LogP contribution in [0.3, 0.4) is 0 Å². The molecule has 0 fully saturated rings. The van der Waals surface area contributed by atoms with Crippen LogP contribution in [0.25, 0.3) is 0 Å². The first-order chi connectivity index (χ1) is 10.0. The second kappa shape index (κ2) is 7.84. The number of carbonyl (C=O) groups is 2. The Morgan fingerprint density at radius 1 is 1.38 bits per heavy atom. The Balaban J connectivity index is 0.000000677. The lowest BCUT2D eigenvalue weighted by Crippen LogP contribution is -2.19. The van der Waals surface area contributed by atoms with Gasteiger partial charge in [-0.25, -0.2) is 0 Å². The molecule has 0 bridgehead atoms. The molecular weight excluding hydrogens is 270 g/mol. The summed E-state index contributed by atoms with van der Waals surface area (Å²) in [5, 5.41) is 13.8. The summed E-state index contributed by atoms with van der Waals surface area (Å²) in [5.41, 5.74) is 2.61. The number of nitrogens with one attached hydrogen (secondary N) is 1. The number of hydrogen-bond acceptors (Lipinski definition) is 3. The number of carbonyl (C=O) groups excluding carboxylic acids is 1. The second-order valence-corrected chi connectivity index (χ2v) is 4.39. The molecule has 2 aromatic rings. The number of rotatable bonds is 3. The quantitative estimate of drug-likeness (QED) is 0.845. The molecule has 2 N–H and O–H groups in total. The largest absolute Gasteiger partial charge is 0.483 e. The van der Waals surface area contributed by atoms with Crippen LogP contribution in [0.15, 0.2) is 36.4 Å². The van der Waals surface area contributed by atoms with Gasteiger partial charge < -0.3 is 10.4 Å². The first-order valence-electron chi connectivity index (χ1n) is 6.46. The van der Waals surface area contributed by atoms with Gasteiger partial charge in [-0.05, 0) is 25.5 Å². The first kappa shape index (κ1) is 16.4. The van der Waals surface area contributed by atoms with Crippen LogP contribution < -0.4 is 5.32 Å². The second-order valence-electron chi connectivity index (χ2n) is 4.39. The van der Waals surface area contributed by atoms with E-state index in [-0.39, 0.29) is 18.4 Å². The average Bonchev–Trinajstić information content (AvgIpc) is 2.89. The highest BCUT2D eigenvalue weighted by atomic mass is 16.3. The van der Waals surface area contributed by atoms with Crippen molar-refractivity contribution in [1.82, 2.24) is 15.1 Å². The van der Waals surface area contributed by atoms with Crippen molar-refractivity contribution in [2.24, 2.45) is 0 Å². The number of aryl methyl sites for hydroxylation is 1. The van der Waals surface area contributed by atoms with Crippen LogP contribution in [0.1, 0.15) is 34.7 Å². The highest BCUT2D eigenvalue weighted by Gasteiger charge is 2.15. The van der Waals surface area contributed by atoms with Gasteiger partial charge in [-0.2, -0.15) is 5.10 Å². The van der Waals surface area contributed by atoms with E-state index in [0.29, 0.717) is 5.69 Å². The molecule has 1 unspecified atom stereocenters. The Labute approximate surface area is 123 Å². The van der Waals surface area contributed by atoms with E-state index in [1.165, 1.54) is 5.56 Å². The summed E-state index contributed by atoms with van der Waals surface area (Å²) in [6.45, 7) is 3.78. The van der Waals surface area contributed by atoms with Crippen LogP contribution in [0.2, 0.25) is 0 Å². The van der Waals surface area contributed by atoms with E-state index < -0.39 is 0 Å². The minimum Gasteiger partial charge on any atom is -0.483 e. The maximum absolute atomic E-state index is 11.6. The predicted molar refractivity (Wildman–Crippen MR) is 79.3 cm³/mol. The fourth-order valence-corrected chi connectivity index (χ4v) is 1.99. The molecule has 1 atom stereocenters. The third-order valence-electron chi connectivity index (χ3n) is 3.03. The van der Waals surface area contributed by atoms with Gasteiger partial charge in [-0.15, -0.1) is 0 Å². The third-order valence-corrected chi connectivity index (χ3v) is 3.03. The molecule has 0 saturated carbocycles. The molecular formula is C15H19N3O3. The van der Waals surface area contributed by atoms with Crippen LogP contribution in [-0.2, 0) is 4.79 Å². The zero-order valence-corrected chi connectivity index (χ0v) is 12.3. The molecule has 1 aromatic heterocycles. The van der Waals surface area contributed by atoms with Crippen molar-refractivity contribution in [3.8, 4) is 0 Å². The maximum Gasteiger partial charge on any atom is 0.290 e. The van der Waals surface area contributed by atoms with Gasteiger partial charge in [0, 0.05) is 12.7 Å². The predicted octanol–water partition coefficient (Wildman–Crippen LogP) is 1.86. The molecule has 1 amide bonds. The highest BCUT2D eigenvalue weighted by molar-refractivity contribution is 5.92. The van der Waals surface area contributed by atoms with Crippen molar-refractivity contribution in [2.45, 2.75) is 19.9 Å². The number of nitrogens with zero attached hydrogens (tertiary/aromatic N) is 2. The summed E-state index contributed by atoms with van der Waals surface area (Å²) < 4.78 is 1.87. The van der Waals surface area contributed by atoms with Crippen molar-refractivity contribution in [1.29, 1.82) is 0 Å². The fourth-order valence-electron chi connectivity index (χ4n) is 1.99. The van der Waals surface area contributed by atoms with Gasteiger partial charge in [-0.1, -0.05) is 30.3 Å². The van der Waals surface area contributed by atoms with Crippen molar-refractivity contribution >= 4 is 12.4 Å². The molecule has 0 aliphatic carbocycles. The van der Waals surface area contributed by atoms with Crippen LogP contribution in [-0.4, -0.2) is 34.3 Å². The molecule has 6 heteroatoms.